The molecule has 0 fully saturated rings. The van der Waals surface area contributed by atoms with Gasteiger partial charge in [-0.3, -0.25) is 0 Å². The standard InChI is InChI=1S/C11H14FNO/c1-2-9-11-7(5-6-13-9)10(14)4-3-8(11)12/h3-4,9,13-14H,2,5-6H2,1H3. The van der Waals surface area contributed by atoms with Gasteiger partial charge in [0.1, 0.15) is 11.6 Å². The number of nitrogens with one attached hydrogen (secondary N) is 1. The predicted octanol–water partition coefficient (Wildman–Crippen LogP) is 2.13. The molecule has 1 aliphatic rings. The Balaban J connectivity index is 2.55. The first-order valence-corrected chi connectivity index (χ1v) is 4.97. The summed E-state index contributed by atoms with van der Waals surface area (Å²) in [5.41, 5.74) is 1.43. The third kappa shape index (κ3) is 1.38. The number of halogens is 1. The van der Waals surface area contributed by atoms with Crippen LogP contribution in [0.2, 0.25) is 0 Å². The van der Waals surface area contributed by atoms with Gasteiger partial charge in [-0.2, -0.15) is 0 Å². The van der Waals surface area contributed by atoms with Gasteiger partial charge in [-0.1, -0.05) is 6.92 Å². The van der Waals surface area contributed by atoms with Crippen molar-refractivity contribution in [2.24, 2.45) is 0 Å². The van der Waals surface area contributed by atoms with Crippen LogP contribution in [0.5, 0.6) is 5.75 Å². The van der Waals surface area contributed by atoms with Gasteiger partial charge >= 0.3 is 0 Å². The molecule has 1 aliphatic heterocycles. The van der Waals surface area contributed by atoms with Crippen LogP contribution in [0, 0.1) is 5.82 Å². The van der Waals surface area contributed by atoms with Crippen LogP contribution in [-0.4, -0.2) is 11.7 Å². The molecule has 0 bridgehead atoms. The Morgan fingerprint density at radius 3 is 3.07 bits per heavy atom. The first-order chi connectivity index (χ1) is 6.74. The van der Waals surface area contributed by atoms with Crippen molar-refractivity contribution < 1.29 is 9.50 Å². The summed E-state index contributed by atoms with van der Waals surface area (Å²) >= 11 is 0. The number of benzene rings is 1. The van der Waals surface area contributed by atoms with E-state index in [1.165, 1.54) is 12.1 Å². The highest BCUT2D eigenvalue weighted by atomic mass is 19.1. The molecule has 0 saturated heterocycles. The highest BCUT2D eigenvalue weighted by Gasteiger charge is 2.23. The number of phenolic OH excluding ortho intramolecular Hbond substituents is 1. The molecule has 2 nitrogen and oxygen atoms in total. The van der Waals surface area contributed by atoms with Gasteiger partial charge in [0.2, 0.25) is 0 Å². The Morgan fingerprint density at radius 2 is 2.36 bits per heavy atom. The van der Waals surface area contributed by atoms with Crippen molar-refractivity contribution in [1.82, 2.24) is 5.32 Å². The summed E-state index contributed by atoms with van der Waals surface area (Å²) in [5, 5.41) is 12.8. The summed E-state index contributed by atoms with van der Waals surface area (Å²) in [5.74, 6) is 0.0122. The van der Waals surface area contributed by atoms with E-state index in [1.54, 1.807) is 0 Å². The quantitative estimate of drug-likeness (QED) is 0.719. The molecule has 1 aromatic carbocycles. The van der Waals surface area contributed by atoms with Gasteiger partial charge in [-0.25, -0.2) is 4.39 Å². The predicted molar refractivity (Wildman–Crippen MR) is 52.8 cm³/mol. The summed E-state index contributed by atoms with van der Waals surface area (Å²) in [7, 11) is 0. The monoisotopic (exact) mass is 195 g/mol. The highest BCUT2D eigenvalue weighted by molar-refractivity contribution is 5.43. The number of hydrogen-bond donors (Lipinski definition) is 2. The van der Waals surface area contributed by atoms with Crippen LogP contribution in [0.4, 0.5) is 4.39 Å². The topological polar surface area (TPSA) is 32.3 Å². The number of phenols is 1. The van der Waals surface area contributed by atoms with Gasteiger partial charge in [-0.15, -0.1) is 0 Å². The minimum atomic E-state index is -0.211. The Kier molecular flexibility index (Phi) is 2.42. The van der Waals surface area contributed by atoms with Crippen molar-refractivity contribution >= 4 is 0 Å². The van der Waals surface area contributed by atoms with E-state index in [2.05, 4.69) is 5.32 Å². The fourth-order valence-electron chi connectivity index (χ4n) is 2.09. The molecule has 3 heteroatoms. The van der Waals surface area contributed by atoms with Crippen LogP contribution in [0.15, 0.2) is 12.1 Å². The summed E-state index contributed by atoms with van der Waals surface area (Å²) in [4.78, 5) is 0. The van der Waals surface area contributed by atoms with Crippen molar-refractivity contribution in [1.29, 1.82) is 0 Å². The smallest absolute Gasteiger partial charge is 0.128 e. The maximum absolute atomic E-state index is 13.5. The van der Waals surface area contributed by atoms with E-state index in [1.807, 2.05) is 6.92 Å². The Bertz CT molecular complexity index is 351. The van der Waals surface area contributed by atoms with Crippen molar-refractivity contribution in [2.75, 3.05) is 6.54 Å². The van der Waals surface area contributed by atoms with Crippen molar-refractivity contribution in [2.45, 2.75) is 25.8 Å². The van der Waals surface area contributed by atoms with E-state index in [4.69, 9.17) is 0 Å². The lowest BCUT2D eigenvalue weighted by molar-refractivity contribution is 0.426. The number of hydrogen-bond acceptors (Lipinski definition) is 2. The minimum Gasteiger partial charge on any atom is -0.508 e. The molecule has 1 unspecified atom stereocenters. The van der Waals surface area contributed by atoms with E-state index in [0.29, 0.717) is 12.0 Å². The average Bonchev–Trinajstić information content (AvgIpc) is 2.23. The summed E-state index contributed by atoms with van der Waals surface area (Å²) in [6.45, 7) is 2.82. The molecule has 0 aromatic heterocycles. The maximum atomic E-state index is 13.5. The van der Waals surface area contributed by atoms with E-state index in [9.17, 15) is 9.50 Å². The molecular weight excluding hydrogens is 181 g/mol. The zero-order chi connectivity index (χ0) is 10.1. The van der Waals surface area contributed by atoms with E-state index in [0.717, 1.165) is 18.5 Å². The molecule has 0 aliphatic carbocycles. The lowest BCUT2D eigenvalue weighted by Crippen LogP contribution is -2.30. The van der Waals surface area contributed by atoms with Crippen LogP contribution >= 0.6 is 0 Å². The fourth-order valence-corrected chi connectivity index (χ4v) is 2.09. The van der Waals surface area contributed by atoms with Crippen LogP contribution in [-0.2, 0) is 6.42 Å². The first kappa shape index (κ1) is 9.46. The van der Waals surface area contributed by atoms with Crippen LogP contribution in [0.3, 0.4) is 0 Å². The molecule has 1 aromatic rings. The minimum absolute atomic E-state index is 0.0471. The second-order valence-corrected chi connectivity index (χ2v) is 3.62. The van der Waals surface area contributed by atoms with E-state index in [-0.39, 0.29) is 17.6 Å². The van der Waals surface area contributed by atoms with Gasteiger partial charge in [0.05, 0.1) is 0 Å². The number of fused-ring (bicyclic) bond motifs is 1. The highest BCUT2D eigenvalue weighted by Crippen LogP contribution is 2.33. The van der Waals surface area contributed by atoms with Gasteiger partial charge < -0.3 is 10.4 Å². The number of aromatic hydroxyl groups is 1. The van der Waals surface area contributed by atoms with Crippen LogP contribution in [0.25, 0.3) is 0 Å². The Hall–Kier alpha value is -1.09. The van der Waals surface area contributed by atoms with E-state index >= 15 is 0 Å². The Morgan fingerprint density at radius 1 is 1.57 bits per heavy atom. The van der Waals surface area contributed by atoms with Gasteiger partial charge in [0.15, 0.2) is 0 Å². The molecule has 0 radical (unpaired) electrons. The largest absolute Gasteiger partial charge is 0.508 e. The molecule has 76 valence electrons. The third-order valence-electron chi connectivity index (χ3n) is 2.80. The molecule has 2 rings (SSSR count). The van der Waals surface area contributed by atoms with Crippen LogP contribution < -0.4 is 5.32 Å². The van der Waals surface area contributed by atoms with Crippen molar-refractivity contribution in [3.8, 4) is 5.75 Å². The van der Waals surface area contributed by atoms with Crippen molar-refractivity contribution in [3.63, 3.8) is 0 Å². The summed E-state index contributed by atoms with van der Waals surface area (Å²) in [6, 6.07) is 2.82. The fraction of sp³-hybridized carbons (Fsp3) is 0.455. The molecule has 14 heavy (non-hydrogen) atoms. The van der Waals surface area contributed by atoms with Gasteiger partial charge in [0, 0.05) is 17.2 Å². The molecular formula is C11H14FNO. The van der Waals surface area contributed by atoms with Gasteiger partial charge in [-0.05, 0) is 31.5 Å². The zero-order valence-corrected chi connectivity index (χ0v) is 8.18. The SMILES string of the molecule is CCC1NCCc2c(O)ccc(F)c21. The van der Waals surface area contributed by atoms with E-state index < -0.39 is 0 Å². The third-order valence-corrected chi connectivity index (χ3v) is 2.80. The molecule has 0 saturated carbocycles. The second-order valence-electron chi connectivity index (χ2n) is 3.62. The van der Waals surface area contributed by atoms with Crippen molar-refractivity contribution in [3.05, 3.63) is 29.1 Å². The normalized spacial score (nSPS) is 20.6. The molecule has 1 atom stereocenters. The first-order valence-electron chi connectivity index (χ1n) is 4.97. The van der Waals surface area contributed by atoms with Crippen LogP contribution in [0.1, 0.15) is 30.5 Å². The summed E-state index contributed by atoms with van der Waals surface area (Å²) < 4.78 is 13.5. The summed E-state index contributed by atoms with van der Waals surface area (Å²) in [6.07, 6.45) is 1.54. The molecule has 0 spiro atoms. The second kappa shape index (κ2) is 3.58. The lowest BCUT2D eigenvalue weighted by atomic mass is 9.91. The number of rotatable bonds is 1. The molecule has 0 amide bonds. The lowest BCUT2D eigenvalue weighted by Gasteiger charge is -2.26. The molecule has 1 heterocycles. The molecule has 2 N–H and O–H groups in total. The van der Waals surface area contributed by atoms with Gasteiger partial charge in [0.25, 0.3) is 0 Å². The zero-order valence-electron chi connectivity index (χ0n) is 8.18. The maximum Gasteiger partial charge on any atom is 0.128 e. The Labute approximate surface area is 82.8 Å². The average molecular weight is 195 g/mol.